The first-order valence-corrected chi connectivity index (χ1v) is 4.62. The van der Waals surface area contributed by atoms with Crippen molar-refractivity contribution in [2.75, 3.05) is 5.43 Å². The van der Waals surface area contributed by atoms with E-state index in [1.165, 1.54) is 0 Å². The van der Waals surface area contributed by atoms with Crippen molar-refractivity contribution in [1.82, 2.24) is 0 Å². The van der Waals surface area contributed by atoms with E-state index >= 15 is 0 Å². The molecule has 0 saturated carbocycles. The average molecular weight is 234 g/mol. The van der Waals surface area contributed by atoms with Gasteiger partial charge in [-0.1, -0.05) is 18.2 Å². The molecule has 0 aliphatic heterocycles. The second kappa shape index (κ2) is 6.06. The van der Waals surface area contributed by atoms with Crippen molar-refractivity contribution in [3.8, 4) is 0 Å². The number of carbonyl (C=O) groups is 2. The molecule has 1 rings (SSSR count). The Labute approximate surface area is 96.9 Å². The Balaban J connectivity index is 2.78. The van der Waals surface area contributed by atoms with Gasteiger partial charge in [0.05, 0.1) is 5.69 Å². The molecule has 0 amide bonds. The molecule has 0 radical (unpaired) electrons. The van der Waals surface area contributed by atoms with Gasteiger partial charge in [0, 0.05) is 6.08 Å². The van der Waals surface area contributed by atoms with Crippen molar-refractivity contribution >= 4 is 23.3 Å². The van der Waals surface area contributed by atoms with Gasteiger partial charge in [-0.25, -0.2) is 9.59 Å². The van der Waals surface area contributed by atoms with Crippen molar-refractivity contribution in [2.24, 2.45) is 5.10 Å². The third kappa shape index (κ3) is 4.61. The van der Waals surface area contributed by atoms with Gasteiger partial charge in [0.1, 0.15) is 0 Å². The number of hydrazone groups is 1. The van der Waals surface area contributed by atoms with Crippen LogP contribution in [0.1, 0.15) is 0 Å². The molecule has 17 heavy (non-hydrogen) atoms. The number of para-hydroxylation sites is 1. The van der Waals surface area contributed by atoms with Crippen LogP contribution < -0.4 is 5.43 Å². The molecular weight excluding hydrogens is 224 g/mol. The summed E-state index contributed by atoms with van der Waals surface area (Å²) < 4.78 is 0. The van der Waals surface area contributed by atoms with Gasteiger partial charge in [-0.2, -0.15) is 5.10 Å². The minimum absolute atomic E-state index is 0.392. The Bertz CT molecular complexity index is 466. The van der Waals surface area contributed by atoms with Crippen LogP contribution in [0.5, 0.6) is 0 Å². The molecule has 0 saturated heterocycles. The van der Waals surface area contributed by atoms with E-state index in [1.54, 1.807) is 30.3 Å². The zero-order chi connectivity index (χ0) is 12.7. The van der Waals surface area contributed by atoms with Gasteiger partial charge in [0.2, 0.25) is 0 Å². The van der Waals surface area contributed by atoms with Crippen LogP contribution in [0, 0.1) is 0 Å². The number of nitrogens with one attached hydrogen (secondary N) is 1. The fourth-order valence-corrected chi connectivity index (χ4v) is 0.944. The highest BCUT2D eigenvalue weighted by Gasteiger charge is 2.05. The summed E-state index contributed by atoms with van der Waals surface area (Å²) in [6, 6.07) is 8.71. The molecule has 0 atom stereocenters. The van der Waals surface area contributed by atoms with Gasteiger partial charge in [-0.05, 0) is 18.2 Å². The van der Waals surface area contributed by atoms with Crippen molar-refractivity contribution < 1.29 is 19.8 Å². The smallest absolute Gasteiger partial charge is 0.356 e. The molecule has 88 valence electrons. The average Bonchev–Trinajstić information content (AvgIpc) is 2.29. The van der Waals surface area contributed by atoms with Crippen LogP contribution in [-0.4, -0.2) is 27.9 Å². The van der Waals surface area contributed by atoms with Crippen LogP contribution in [0.25, 0.3) is 0 Å². The van der Waals surface area contributed by atoms with Crippen molar-refractivity contribution in [1.29, 1.82) is 0 Å². The molecule has 0 heterocycles. The maximum atomic E-state index is 10.7. The highest BCUT2D eigenvalue weighted by Crippen LogP contribution is 2.04. The predicted octanol–water partition coefficient (Wildman–Crippen LogP) is 1.18. The van der Waals surface area contributed by atoms with E-state index < -0.39 is 17.7 Å². The van der Waals surface area contributed by atoms with Crippen molar-refractivity contribution in [3.63, 3.8) is 0 Å². The van der Waals surface area contributed by atoms with Crippen LogP contribution in [-0.2, 0) is 9.59 Å². The van der Waals surface area contributed by atoms with Crippen molar-refractivity contribution in [2.45, 2.75) is 0 Å². The van der Waals surface area contributed by atoms with Crippen LogP contribution in [0.3, 0.4) is 0 Å². The molecule has 3 N–H and O–H groups in total. The number of hydrogen-bond acceptors (Lipinski definition) is 4. The first-order valence-electron chi connectivity index (χ1n) is 4.62. The number of carboxylic acids is 2. The monoisotopic (exact) mass is 234 g/mol. The molecule has 6 nitrogen and oxygen atoms in total. The molecular formula is C11H10N2O4. The second-order valence-electron chi connectivity index (χ2n) is 2.95. The Morgan fingerprint density at radius 2 is 1.76 bits per heavy atom. The zero-order valence-electron chi connectivity index (χ0n) is 8.70. The Morgan fingerprint density at radius 1 is 1.12 bits per heavy atom. The molecule has 6 heteroatoms. The van der Waals surface area contributed by atoms with Gasteiger partial charge in [-0.3, -0.25) is 5.43 Å². The maximum Gasteiger partial charge on any atom is 0.356 e. The van der Waals surface area contributed by atoms with E-state index in [-0.39, 0.29) is 0 Å². The highest BCUT2D eigenvalue weighted by atomic mass is 16.4. The van der Waals surface area contributed by atoms with Crippen LogP contribution in [0.4, 0.5) is 5.69 Å². The fraction of sp³-hybridized carbons (Fsp3) is 0. The molecule has 1 aromatic rings. The molecule has 0 spiro atoms. The van der Waals surface area contributed by atoms with E-state index in [9.17, 15) is 9.59 Å². The first-order chi connectivity index (χ1) is 8.09. The summed E-state index contributed by atoms with van der Waals surface area (Å²) in [6.07, 6.45) is 1.61. The Morgan fingerprint density at radius 3 is 2.29 bits per heavy atom. The van der Waals surface area contributed by atoms with E-state index in [1.807, 2.05) is 0 Å². The maximum absolute atomic E-state index is 10.7. The van der Waals surface area contributed by atoms with E-state index in [2.05, 4.69) is 10.5 Å². The number of hydrogen-bond donors (Lipinski definition) is 3. The van der Waals surface area contributed by atoms with Gasteiger partial charge < -0.3 is 10.2 Å². The lowest BCUT2D eigenvalue weighted by Gasteiger charge is -1.99. The minimum Gasteiger partial charge on any atom is -0.478 e. The van der Waals surface area contributed by atoms with Gasteiger partial charge in [-0.15, -0.1) is 0 Å². The lowest BCUT2D eigenvalue weighted by Crippen LogP contribution is -2.12. The fourth-order valence-electron chi connectivity index (χ4n) is 0.944. The highest BCUT2D eigenvalue weighted by molar-refractivity contribution is 6.40. The zero-order valence-corrected chi connectivity index (χ0v) is 8.70. The van der Waals surface area contributed by atoms with Gasteiger partial charge >= 0.3 is 11.9 Å². The lowest BCUT2D eigenvalue weighted by molar-refractivity contribution is -0.131. The number of anilines is 1. The first kappa shape index (κ1) is 12.4. The number of aliphatic carboxylic acids is 2. The Hall–Kier alpha value is -2.63. The summed E-state index contributed by atoms with van der Waals surface area (Å²) in [4.78, 5) is 21.0. The topological polar surface area (TPSA) is 99.0 Å². The minimum atomic E-state index is -1.31. The molecule has 0 aliphatic carbocycles. The quantitative estimate of drug-likeness (QED) is 0.403. The number of nitrogens with zero attached hydrogens (tertiary/aromatic N) is 1. The molecule has 0 bridgehead atoms. The van der Waals surface area contributed by atoms with Gasteiger partial charge in [0.25, 0.3) is 0 Å². The summed E-state index contributed by atoms with van der Waals surface area (Å²) in [6.45, 7) is 0. The van der Waals surface area contributed by atoms with E-state index in [4.69, 9.17) is 10.2 Å². The molecule has 0 aromatic heterocycles. The Kier molecular flexibility index (Phi) is 4.44. The second-order valence-corrected chi connectivity index (χ2v) is 2.95. The summed E-state index contributed by atoms with van der Waals surface area (Å²) in [5.74, 6) is -2.55. The summed E-state index contributed by atoms with van der Waals surface area (Å²) in [7, 11) is 0. The summed E-state index contributed by atoms with van der Waals surface area (Å²) in [5.41, 5.74) is 2.73. The summed E-state index contributed by atoms with van der Waals surface area (Å²) >= 11 is 0. The predicted molar refractivity (Wildman–Crippen MR) is 61.9 cm³/mol. The number of carboxylic acid groups (broad SMARTS) is 2. The molecule has 1 aromatic carbocycles. The normalized spacial score (nSPS) is 11.4. The lowest BCUT2D eigenvalue weighted by atomic mass is 10.3. The van der Waals surface area contributed by atoms with Crippen LogP contribution in [0.2, 0.25) is 0 Å². The van der Waals surface area contributed by atoms with Crippen LogP contribution >= 0.6 is 0 Å². The summed E-state index contributed by atoms with van der Waals surface area (Å²) in [5, 5.41) is 20.7. The molecule has 0 fully saturated rings. The van der Waals surface area contributed by atoms with Crippen LogP contribution in [0.15, 0.2) is 47.6 Å². The molecule has 0 aliphatic rings. The van der Waals surface area contributed by atoms with Gasteiger partial charge in [0.15, 0.2) is 5.71 Å². The third-order valence-electron chi connectivity index (χ3n) is 1.68. The third-order valence-corrected chi connectivity index (χ3v) is 1.68. The number of benzene rings is 1. The van der Waals surface area contributed by atoms with E-state index in [0.717, 1.165) is 6.08 Å². The standard InChI is InChI=1S/C11H10N2O4/c14-10(15)7-6-9(11(16)17)13-12-8-4-2-1-3-5-8/h1-7,12H,(H,14,15)(H,16,17)/b7-6+,13-9-. The largest absolute Gasteiger partial charge is 0.478 e. The number of rotatable bonds is 5. The molecule has 0 unspecified atom stereocenters. The SMILES string of the molecule is O=C(O)/C=C/C(=N/Nc1ccccc1)C(=O)O. The van der Waals surface area contributed by atoms with E-state index in [0.29, 0.717) is 11.8 Å². The van der Waals surface area contributed by atoms with Crippen molar-refractivity contribution in [3.05, 3.63) is 42.5 Å².